The van der Waals surface area contributed by atoms with Gasteiger partial charge in [0, 0.05) is 16.5 Å². The second kappa shape index (κ2) is 7.64. The monoisotopic (exact) mass is 301 g/mol. The Hall–Kier alpha value is -1.29. The lowest BCUT2D eigenvalue weighted by molar-refractivity contribution is 0.196. The molecule has 21 heavy (non-hydrogen) atoms. The predicted octanol–water partition coefficient (Wildman–Crippen LogP) is 3.93. The van der Waals surface area contributed by atoms with Gasteiger partial charge in [0.1, 0.15) is 0 Å². The van der Waals surface area contributed by atoms with E-state index >= 15 is 0 Å². The van der Waals surface area contributed by atoms with Gasteiger partial charge < -0.3 is 10.8 Å². The van der Waals surface area contributed by atoms with E-state index in [9.17, 15) is 5.11 Å². The number of nitrogens with two attached hydrogens (primary N) is 1. The van der Waals surface area contributed by atoms with Gasteiger partial charge in [-0.3, -0.25) is 0 Å². The summed E-state index contributed by atoms with van der Waals surface area (Å²) in [6.07, 6.45) is -0.357. The van der Waals surface area contributed by atoms with Gasteiger partial charge in [0.25, 0.3) is 0 Å². The molecule has 2 rings (SSSR count). The van der Waals surface area contributed by atoms with Crippen LogP contribution >= 0.6 is 11.8 Å². The number of benzene rings is 2. The maximum Gasteiger partial charge on any atom is 0.0628 e. The Labute approximate surface area is 131 Å². The van der Waals surface area contributed by atoms with Crippen molar-refractivity contribution in [1.29, 1.82) is 0 Å². The summed E-state index contributed by atoms with van der Waals surface area (Å²) in [6.45, 7) is 3.87. The minimum absolute atomic E-state index is 0.0974. The van der Waals surface area contributed by atoms with Gasteiger partial charge in [0.05, 0.1) is 6.10 Å². The van der Waals surface area contributed by atoms with Crippen molar-refractivity contribution in [2.75, 3.05) is 0 Å². The standard InChI is InChI=1S/C18H23NOS/c1-13(20)14(2)21-18(16-11-7-4-8-12-16)17(19)15-9-5-3-6-10-15/h3-14,17-18,20H,19H2,1-2H3. The quantitative estimate of drug-likeness (QED) is 0.850. The molecule has 4 atom stereocenters. The van der Waals surface area contributed by atoms with Crippen LogP contribution < -0.4 is 5.73 Å². The smallest absolute Gasteiger partial charge is 0.0628 e. The number of hydrogen-bond acceptors (Lipinski definition) is 3. The van der Waals surface area contributed by atoms with Crippen LogP contribution in [0.15, 0.2) is 60.7 Å². The van der Waals surface area contributed by atoms with Crippen LogP contribution in [0.5, 0.6) is 0 Å². The van der Waals surface area contributed by atoms with Gasteiger partial charge in [-0.05, 0) is 18.1 Å². The summed E-state index contributed by atoms with van der Waals surface area (Å²) in [5.41, 5.74) is 8.84. The molecule has 0 saturated heterocycles. The highest BCUT2D eigenvalue weighted by Crippen LogP contribution is 2.41. The van der Waals surface area contributed by atoms with Crippen molar-refractivity contribution < 1.29 is 5.11 Å². The molecule has 0 amide bonds. The second-order valence-electron chi connectivity index (χ2n) is 5.35. The van der Waals surface area contributed by atoms with Crippen LogP contribution in [0.2, 0.25) is 0 Å². The Kier molecular flexibility index (Phi) is 5.85. The van der Waals surface area contributed by atoms with Gasteiger partial charge in [-0.1, -0.05) is 67.6 Å². The molecular formula is C18H23NOS. The molecule has 0 aliphatic rings. The fraction of sp³-hybridized carbons (Fsp3) is 0.333. The van der Waals surface area contributed by atoms with Crippen molar-refractivity contribution in [3.63, 3.8) is 0 Å². The van der Waals surface area contributed by atoms with Gasteiger partial charge in [0.15, 0.2) is 0 Å². The topological polar surface area (TPSA) is 46.2 Å². The van der Waals surface area contributed by atoms with Crippen molar-refractivity contribution in [3.05, 3.63) is 71.8 Å². The molecule has 0 saturated carbocycles. The molecule has 0 spiro atoms. The molecule has 2 aromatic rings. The molecule has 4 unspecified atom stereocenters. The SMILES string of the molecule is CC(O)C(C)SC(c1ccccc1)C(N)c1ccccc1. The molecule has 0 fully saturated rings. The lowest BCUT2D eigenvalue weighted by Crippen LogP contribution is -2.23. The van der Waals surface area contributed by atoms with Crippen LogP contribution in [0, 0.1) is 0 Å². The van der Waals surface area contributed by atoms with Crippen molar-refractivity contribution in [3.8, 4) is 0 Å². The third-order valence-corrected chi connectivity index (χ3v) is 5.36. The fourth-order valence-corrected chi connectivity index (χ4v) is 3.54. The zero-order chi connectivity index (χ0) is 15.2. The van der Waals surface area contributed by atoms with Crippen molar-refractivity contribution in [2.45, 2.75) is 36.5 Å². The number of hydrogen-bond donors (Lipinski definition) is 2. The molecule has 0 aliphatic carbocycles. The Morgan fingerprint density at radius 3 is 1.81 bits per heavy atom. The van der Waals surface area contributed by atoms with E-state index in [1.165, 1.54) is 5.56 Å². The first-order valence-electron chi connectivity index (χ1n) is 7.28. The predicted molar refractivity (Wildman–Crippen MR) is 91.3 cm³/mol. The van der Waals surface area contributed by atoms with E-state index in [-0.39, 0.29) is 22.6 Å². The molecule has 2 aromatic carbocycles. The third kappa shape index (κ3) is 4.34. The Balaban J connectivity index is 2.27. The van der Waals surface area contributed by atoms with Crippen LogP contribution in [0.1, 0.15) is 36.3 Å². The Morgan fingerprint density at radius 1 is 0.857 bits per heavy atom. The minimum atomic E-state index is -0.357. The lowest BCUT2D eigenvalue weighted by atomic mass is 9.99. The number of aliphatic hydroxyl groups excluding tert-OH is 1. The van der Waals surface area contributed by atoms with Crippen LogP contribution in [0.4, 0.5) is 0 Å². The Bertz CT molecular complexity index is 529. The van der Waals surface area contributed by atoms with E-state index in [1.54, 1.807) is 11.8 Å². The van der Waals surface area contributed by atoms with E-state index in [0.29, 0.717) is 0 Å². The first-order chi connectivity index (χ1) is 10.1. The maximum absolute atomic E-state index is 9.81. The molecule has 2 nitrogen and oxygen atoms in total. The number of rotatable bonds is 6. The van der Waals surface area contributed by atoms with Gasteiger partial charge in [0.2, 0.25) is 0 Å². The van der Waals surface area contributed by atoms with Crippen LogP contribution in [0.3, 0.4) is 0 Å². The van der Waals surface area contributed by atoms with Crippen LogP contribution in [-0.4, -0.2) is 16.5 Å². The third-order valence-electron chi connectivity index (χ3n) is 3.68. The minimum Gasteiger partial charge on any atom is -0.392 e. The highest BCUT2D eigenvalue weighted by atomic mass is 32.2. The highest BCUT2D eigenvalue weighted by Gasteiger charge is 2.25. The van der Waals surface area contributed by atoms with E-state index in [0.717, 1.165) is 5.56 Å². The molecular weight excluding hydrogens is 278 g/mol. The van der Waals surface area contributed by atoms with Crippen molar-refractivity contribution in [1.82, 2.24) is 0 Å². The first-order valence-corrected chi connectivity index (χ1v) is 8.23. The summed E-state index contributed by atoms with van der Waals surface area (Å²) >= 11 is 1.73. The molecule has 0 bridgehead atoms. The summed E-state index contributed by atoms with van der Waals surface area (Å²) in [5.74, 6) is 0. The van der Waals surface area contributed by atoms with Gasteiger partial charge in [-0.25, -0.2) is 0 Å². The van der Waals surface area contributed by atoms with Gasteiger partial charge >= 0.3 is 0 Å². The van der Waals surface area contributed by atoms with Crippen molar-refractivity contribution in [2.24, 2.45) is 5.73 Å². The first kappa shape index (κ1) is 16.1. The largest absolute Gasteiger partial charge is 0.392 e. The summed E-state index contributed by atoms with van der Waals surface area (Å²) in [6, 6.07) is 20.4. The Morgan fingerprint density at radius 2 is 1.33 bits per heavy atom. The molecule has 0 aromatic heterocycles. The normalized spacial score (nSPS) is 17.0. The summed E-state index contributed by atoms with van der Waals surface area (Å²) < 4.78 is 0. The lowest BCUT2D eigenvalue weighted by Gasteiger charge is -2.28. The molecule has 112 valence electrons. The summed E-state index contributed by atoms with van der Waals surface area (Å²) in [5, 5.41) is 10.1. The average molecular weight is 301 g/mol. The van der Waals surface area contributed by atoms with Gasteiger partial charge in [-0.15, -0.1) is 11.8 Å². The van der Waals surface area contributed by atoms with E-state index < -0.39 is 0 Å². The van der Waals surface area contributed by atoms with E-state index in [1.807, 2.05) is 50.2 Å². The van der Waals surface area contributed by atoms with Crippen LogP contribution in [0.25, 0.3) is 0 Å². The highest BCUT2D eigenvalue weighted by molar-refractivity contribution is 8.00. The molecule has 3 N–H and O–H groups in total. The molecule has 3 heteroatoms. The van der Waals surface area contributed by atoms with Crippen LogP contribution in [-0.2, 0) is 0 Å². The molecule has 0 aliphatic heterocycles. The second-order valence-corrected chi connectivity index (χ2v) is 6.87. The number of thioether (sulfide) groups is 1. The number of aliphatic hydroxyl groups is 1. The molecule has 0 heterocycles. The average Bonchev–Trinajstić information content (AvgIpc) is 2.53. The molecule has 0 radical (unpaired) electrons. The summed E-state index contributed by atoms with van der Waals surface area (Å²) in [7, 11) is 0. The zero-order valence-electron chi connectivity index (χ0n) is 12.5. The maximum atomic E-state index is 9.81. The van der Waals surface area contributed by atoms with Crippen molar-refractivity contribution >= 4 is 11.8 Å². The van der Waals surface area contributed by atoms with E-state index in [4.69, 9.17) is 5.73 Å². The fourth-order valence-electron chi connectivity index (χ4n) is 2.21. The zero-order valence-corrected chi connectivity index (χ0v) is 13.3. The van der Waals surface area contributed by atoms with Gasteiger partial charge in [-0.2, -0.15) is 0 Å². The van der Waals surface area contributed by atoms with E-state index in [2.05, 4.69) is 24.3 Å². The summed E-state index contributed by atoms with van der Waals surface area (Å²) in [4.78, 5) is 0.